The Morgan fingerprint density at radius 2 is 1.82 bits per heavy atom. The molecular formula is C35H38N4O6. The molecule has 1 aliphatic rings. The molecule has 0 bridgehead atoms. The number of methoxy groups -OCH3 is 1. The van der Waals surface area contributed by atoms with E-state index in [1.807, 2.05) is 69.3 Å². The first kappa shape index (κ1) is 30.4. The van der Waals surface area contributed by atoms with Crippen LogP contribution in [0.4, 0.5) is 5.82 Å². The Labute approximate surface area is 262 Å². The van der Waals surface area contributed by atoms with E-state index in [-0.39, 0.29) is 11.3 Å². The first-order valence-corrected chi connectivity index (χ1v) is 15.2. The number of nitrogens with zero attached hydrogens (tertiary/aromatic N) is 3. The number of hydrogen-bond donors (Lipinski definition) is 1. The number of fused-ring (bicyclic) bond motifs is 2. The zero-order valence-corrected chi connectivity index (χ0v) is 26.1. The first-order valence-electron chi connectivity index (χ1n) is 15.2. The molecule has 3 heterocycles. The monoisotopic (exact) mass is 610 g/mol. The van der Waals surface area contributed by atoms with Gasteiger partial charge in [-0.25, -0.2) is 0 Å². The van der Waals surface area contributed by atoms with E-state index in [1.165, 1.54) is 0 Å². The predicted molar refractivity (Wildman–Crippen MR) is 173 cm³/mol. The number of benzene rings is 3. The number of carbonyl (C=O) groups is 1. The molecule has 1 N–H and O–H groups in total. The van der Waals surface area contributed by atoms with Gasteiger partial charge in [-0.05, 0) is 53.6 Å². The van der Waals surface area contributed by atoms with Gasteiger partial charge in [0.2, 0.25) is 0 Å². The number of hydrogen-bond acceptors (Lipinski definition) is 9. The summed E-state index contributed by atoms with van der Waals surface area (Å²) < 4.78 is 29.0. The normalized spacial score (nSPS) is 14.0. The van der Waals surface area contributed by atoms with Crippen molar-refractivity contribution in [3.8, 4) is 23.0 Å². The van der Waals surface area contributed by atoms with E-state index in [0.717, 1.165) is 60.9 Å². The summed E-state index contributed by atoms with van der Waals surface area (Å²) in [5.74, 6) is 3.32. The van der Waals surface area contributed by atoms with E-state index in [1.54, 1.807) is 25.4 Å². The topological polar surface area (TPSA) is 108 Å². The number of pyridine rings is 1. The molecule has 0 radical (unpaired) electrons. The molecule has 5 aromatic rings. The molecule has 0 atom stereocenters. The fourth-order valence-corrected chi connectivity index (χ4v) is 5.31. The smallest absolute Gasteiger partial charge is 0.257 e. The number of rotatable bonds is 10. The summed E-state index contributed by atoms with van der Waals surface area (Å²) in [6.07, 6.45) is 2.62. The van der Waals surface area contributed by atoms with Gasteiger partial charge in [0.25, 0.3) is 5.91 Å². The fourth-order valence-electron chi connectivity index (χ4n) is 5.31. The van der Waals surface area contributed by atoms with Crippen LogP contribution in [0.25, 0.3) is 21.7 Å². The highest BCUT2D eigenvalue weighted by Crippen LogP contribution is 2.38. The lowest BCUT2D eigenvalue weighted by Crippen LogP contribution is -2.37. The van der Waals surface area contributed by atoms with Gasteiger partial charge in [-0.3, -0.25) is 14.7 Å². The summed E-state index contributed by atoms with van der Waals surface area (Å²) in [7, 11) is 1.63. The number of aromatic nitrogens is 2. The number of ether oxygens (including phenoxy) is 4. The average molecular weight is 611 g/mol. The van der Waals surface area contributed by atoms with Crippen molar-refractivity contribution in [1.29, 1.82) is 0 Å². The maximum Gasteiger partial charge on any atom is 0.257 e. The van der Waals surface area contributed by atoms with Crippen LogP contribution in [0.2, 0.25) is 0 Å². The van der Waals surface area contributed by atoms with Crippen LogP contribution in [0.15, 0.2) is 71.4 Å². The van der Waals surface area contributed by atoms with Gasteiger partial charge in [0.15, 0.2) is 17.3 Å². The molecule has 0 spiro atoms. The zero-order valence-electron chi connectivity index (χ0n) is 26.1. The highest BCUT2D eigenvalue weighted by molar-refractivity contribution is 6.12. The van der Waals surface area contributed by atoms with Crippen LogP contribution in [0.1, 0.15) is 43.3 Å². The quantitative estimate of drug-likeness (QED) is 0.170. The minimum Gasteiger partial charge on any atom is -0.493 e. The average Bonchev–Trinajstić information content (AvgIpc) is 3.52. The van der Waals surface area contributed by atoms with Crippen molar-refractivity contribution >= 4 is 33.4 Å². The molecule has 0 saturated carbocycles. The van der Waals surface area contributed by atoms with E-state index < -0.39 is 0 Å². The highest BCUT2D eigenvalue weighted by atomic mass is 16.5. The van der Waals surface area contributed by atoms with Crippen molar-refractivity contribution in [2.24, 2.45) is 0 Å². The molecule has 0 aliphatic carbocycles. The Balaban J connectivity index is 1.17. The predicted octanol–water partition coefficient (Wildman–Crippen LogP) is 6.83. The van der Waals surface area contributed by atoms with Crippen molar-refractivity contribution in [2.75, 3.05) is 51.9 Å². The minimum absolute atomic E-state index is 0.212. The van der Waals surface area contributed by atoms with Crippen molar-refractivity contribution in [2.45, 2.75) is 32.6 Å². The minimum atomic E-state index is -0.269. The van der Waals surface area contributed by atoms with Crippen LogP contribution in [0.5, 0.6) is 23.0 Å². The number of carbonyl (C=O) groups excluding carboxylic acids is 1. The fraction of sp³-hybridized carbons (Fsp3) is 0.343. The lowest BCUT2D eigenvalue weighted by Gasteiger charge is -2.26. The maximum absolute atomic E-state index is 13.2. The summed E-state index contributed by atoms with van der Waals surface area (Å²) in [5, 5.41) is 9.31. The van der Waals surface area contributed by atoms with Crippen molar-refractivity contribution in [1.82, 2.24) is 15.0 Å². The lowest BCUT2D eigenvalue weighted by molar-refractivity contribution is 0.0357. The van der Waals surface area contributed by atoms with Gasteiger partial charge in [0.05, 0.1) is 32.4 Å². The second-order valence-corrected chi connectivity index (χ2v) is 12.1. The van der Waals surface area contributed by atoms with E-state index in [2.05, 4.69) is 20.4 Å². The van der Waals surface area contributed by atoms with Gasteiger partial charge in [-0.15, -0.1) is 0 Å². The molecule has 1 amide bonds. The zero-order chi connectivity index (χ0) is 31.4. The van der Waals surface area contributed by atoms with Crippen LogP contribution < -0.4 is 19.5 Å². The van der Waals surface area contributed by atoms with Crippen LogP contribution >= 0.6 is 0 Å². The summed E-state index contributed by atoms with van der Waals surface area (Å²) in [4.78, 5) is 20.1. The maximum atomic E-state index is 13.2. The molecule has 1 aliphatic heterocycles. The number of anilines is 1. The summed E-state index contributed by atoms with van der Waals surface area (Å²) in [6.45, 7) is 11.1. The highest BCUT2D eigenvalue weighted by Gasteiger charge is 2.21. The Kier molecular flexibility index (Phi) is 8.86. The standard InChI is InChI=1S/C35H38N4O6/c1-35(2,3)32-22-33(38-45-32)37-34(40)26-8-5-7-23-19-24(9-10-25(23)26)44-29-11-12-36-28-21-31(30(41-4)20-27(28)29)43-16-6-13-39-14-17-42-18-15-39/h5,7-12,19-22H,6,13-18H2,1-4H3,(H,37,38,40). The van der Waals surface area contributed by atoms with Gasteiger partial charge < -0.3 is 28.8 Å². The summed E-state index contributed by atoms with van der Waals surface area (Å²) >= 11 is 0. The van der Waals surface area contributed by atoms with Crippen LogP contribution in [-0.2, 0) is 10.2 Å². The second kappa shape index (κ2) is 13.1. The van der Waals surface area contributed by atoms with Crippen molar-refractivity contribution < 1.29 is 28.3 Å². The molecule has 2 aromatic heterocycles. The third-order valence-corrected chi connectivity index (χ3v) is 7.78. The van der Waals surface area contributed by atoms with Gasteiger partial charge in [-0.1, -0.05) is 38.1 Å². The SMILES string of the molecule is COc1cc2c(Oc3ccc4c(C(=O)Nc5cc(C(C)(C)C)on5)cccc4c3)ccnc2cc1OCCCN1CCOCC1. The van der Waals surface area contributed by atoms with Gasteiger partial charge in [0.1, 0.15) is 17.3 Å². The Hall–Kier alpha value is -4.67. The molecule has 10 heteroatoms. The molecule has 6 rings (SSSR count). The molecular weight excluding hydrogens is 572 g/mol. The molecule has 1 fully saturated rings. The summed E-state index contributed by atoms with van der Waals surface area (Å²) in [6, 6.07) is 18.6. The molecule has 1 saturated heterocycles. The molecule has 3 aromatic carbocycles. The second-order valence-electron chi connectivity index (χ2n) is 12.1. The van der Waals surface area contributed by atoms with E-state index in [9.17, 15) is 4.79 Å². The van der Waals surface area contributed by atoms with Crippen LogP contribution in [0, 0.1) is 0 Å². The third kappa shape index (κ3) is 7.02. The van der Waals surface area contributed by atoms with E-state index in [0.29, 0.717) is 46.7 Å². The lowest BCUT2D eigenvalue weighted by atomic mass is 9.93. The van der Waals surface area contributed by atoms with Crippen molar-refractivity contribution in [3.63, 3.8) is 0 Å². The number of morpholine rings is 1. The largest absolute Gasteiger partial charge is 0.493 e. The van der Waals surface area contributed by atoms with Gasteiger partial charge in [0, 0.05) is 54.3 Å². The van der Waals surface area contributed by atoms with Crippen LogP contribution in [0.3, 0.4) is 0 Å². The third-order valence-electron chi connectivity index (χ3n) is 7.78. The Morgan fingerprint density at radius 3 is 2.60 bits per heavy atom. The first-order chi connectivity index (χ1) is 21.8. The van der Waals surface area contributed by atoms with Crippen LogP contribution in [-0.4, -0.2) is 67.5 Å². The van der Waals surface area contributed by atoms with E-state index >= 15 is 0 Å². The number of amides is 1. The van der Waals surface area contributed by atoms with Gasteiger partial charge in [-0.2, -0.15) is 0 Å². The Bertz CT molecular complexity index is 1810. The van der Waals surface area contributed by atoms with E-state index in [4.69, 9.17) is 23.5 Å². The van der Waals surface area contributed by atoms with Crippen molar-refractivity contribution in [3.05, 3.63) is 78.2 Å². The van der Waals surface area contributed by atoms with Gasteiger partial charge >= 0.3 is 0 Å². The molecule has 10 nitrogen and oxygen atoms in total. The molecule has 45 heavy (non-hydrogen) atoms. The molecule has 0 unspecified atom stereocenters. The number of nitrogens with one attached hydrogen (secondary N) is 1. The molecule has 234 valence electrons. The summed E-state index contributed by atoms with van der Waals surface area (Å²) in [5.41, 5.74) is 1.05. The Morgan fingerprint density at radius 1 is 0.978 bits per heavy atom.